The molecule has 0 unspecified atom stereocenters. The van der Waals surface area contributed by atoms with Crippen LogP contribution in [0.4, 0.5) is 26.3 Å². The minimum Gasteiger partial charge on any atom is -0.420 e. The maximum Gasteiger partial charge on any atom is 0.491 e. The molecule has 3 rings (SSSR count). The van der Waals surface area contributed by atoms with Crippen LogP contribution in [0.5, 0.6) is 11.5 Å². The zero-order valence-electron chi connectivity index (χ0n) is 16.4. The smallest absolute Gasteiger partial charge is 0.420 e. The van der Waals surface area contributed by atoms with E-state index in [9.17, 15) is 35.9 Å². The Bertz CT molecular complexity index is 1040. The molecule has 11 heteroatoms. The molecule has 172 valence electrons. The predicted molar refractivity (Wildman–Crippen MR) is 101 cm³/mol. The van der Waals surface area contributed by atoms with Gasteiger partial charge in [-0.25, -0.2) is 9.59 Å². The van der Waals surface area contributed by atoms with Crippen LogP contribution in [-0.4, -0.2) is 29.3 Å². The van der Waals surface area contributed by atoms with Gasteiger partial charge >= 0.3 is 24.3 Å². The third kappa shape index (κ3) is 6.09. The first-order chi connectivity index (χ1) is 15.4. The van der Waals surface area contributed by atoms with Gasteiger partial charge in [-0.15, -0.1) is 0 Å². The number of nitrogens with zero attached hydrogens (tertiary/aromatic N) is 1. The molecule has 0 saturated carbocycles. The van der Waals surface area contributed by atoms with Gasteiger partial charge in [-0.05, 0) is 47.5 Å². The van der Waals surface area contributed by atoms with Crippen molar-refractivity contribution in [1.82, 2.24) is 4.98 Å². The van der Waals surface area contributed by atoms with Crippen molar-refractivity contribution in [3.05, 3.63) is 89.7 Å². The molecule has 0 aliphatic carbocycles. The van der Waals surface area contributed by atoms with Gasteiger partial charge in [-0.2, -0.15) is 26.3 Å². The lowest BCUT2D eigenvalue weighted by atomic mass is 9.88. The van der Waals surface area contributed by atoms with E-state index in [0.717, 1.165) is 0 Å². The molecular weight excluding hydrogens is 456 g/mol. The van der Waals surface area contributed by atoms with E-state index in [2.05, 4.69) is 14.5 Å². The van der Waals surface area contributed by atoms with E-state index < -0.39 is 30.2 Å². The summed E-state index contributed by atoms with van der Waals surface area (Å²) >= 11 is 0. The molecule has 0 saturated heterocycles. The molecule has 0 atom stereocenters. The maximum atomic E-state index is 12.4. The van der Waals surface area contributed by atoms with Crippen LogP contribution in [0.1, 0.15) is 22.7 Å². The van der Waals surface area contributed by atoms with Crippen molar-refractivity contribution in [2.24, 2.45) is 0 Å². The summed E-state index contributed by atoms with van der Waals surface area (Å²) in [7, 11) is 0. The van der Waals surface area contributed by atoms with Crippen molar-refractivity contribution in [2.45, 2.75) is 18.3 Å². The number of esters is 2. The minimum absolute atomic E-state index is 0.324. The highest BCUT2D eigenvalue weighted by atomic mass is 19.4. The number of benzene rings is 2. The van der Waals surface area contributed by atoms with Gasteiger partial charge in [0.1, 0.15) is 11.5 Å². The van der Waals surface area contributed by atoms with Gasteiger partial charge in [0.15, 0.2) is 0 Å². The first-order valence-electron chi connectivity index (χ1n) is 9.14. The molecule has 33 heavy (non-hydrogen) atoms. The molecule has 1 aromatic heterocycles. The van der Waals surface area contributed by atoms with E-state index in [1.165, 1.54) is 54.7 Å². The average molecular weight is 469 g/mol. The Labute approximate surface area is 182 Å². The molecule has 0 radical (unpaired) electrons. The Morgan fingerprint density at radius 1 is 0.667 bits per heavy atom. The van der Waals surface area contributed by atoms with Gasteiger partial charge in [0.2, 0.25) is 0 Å². The molecule has 0 aliphatic heterocycles. The van der Waals surface area contributed by atoms with Crippen LogP contribution < -0.4 is 9.47 Å². The van der Waals surface area contributed by atoms with E-state index in [1.807, 2.05) is 0 Å². The molecule has 0 amide bonds. The highest BCUT2D eigenvalue weighted by molar-refractivity contribution is 5.78. The van der Waals surface area contributed by atoms with Crippen molar-refractivity contribution in [3.63, 3.8) is 0 Å². The molecule has 0 fully saturated rings. The zero-order valence-corrected chi connectivity index (χ0v) is 16.4. The number of carbonyl (C=O) groups is 2. The van der Waals surface area contributed by atoms with Crippen LogP contribution in [0.15, 0.2) is 72.9 Å². The second kappa shape index (κ2) is 9.31. The molecule has 2 aromatic carbocycles. The third-order valence-electron chi connectivity index (χ3n) is 4.29. The van der Waals surface area contributed by atoms with Crippen molar-refractivity contribution < 1.29 is 45.4 Å². The van der Waals surface area contributed by atoms with Gasteiger partial charge in [-0.3, -0.25) is 4.98 Å². The zero-order chi connectivity index (χ0) is 24.2. The third-order valence-corrected chi connectivity index (χ3v) is 4.29. The number of halogens is 6. The molecule has 5 nitrogen and oxygen atoms in total. The number of hydrogen-bond donors (Lipinski definition) is 0. The Morgan fingerprint density at radius 2 is 1.09 bits per heavy atom. The molecule has 0 spiro atoms. The summed E-state index contributed by atoms with van der Waals surface area (Å²) in [4.78, 5) is 26.3. The van der Waals surface area contributed by atoms with E-state index in [4.69, 9.17) is 0 Å². The number of rotatable bonds is 5. The number of hydrogen-bond acceptors (Lipinski definition) is 5. The molecular formula is C22H13F6NO4. The van der Waals surface area contributed by atoms with E-state index >= 15 is 0 Å². The first kappa shape index (κ1) is 23.8. The summed E-state index contributed by atoms with van der Waals surface area (Å²) in [5.74, 6) is -5.95. The highest BCUT2D eigenvalue weighted by Gasteiger charge is 2.42. The lowest BCUT2D eigenvalue weighted by Crippen LogP contribution is -2.28. The fraction of sp³-hybridized carbons (Fsp3) is 0.136. The van der Waals surface area contributed by atoms with Crippen LogP contribution >= 0.6 is 0 Å². The predicted octanol–water partition coefficient (Wildman–Crippen LogP) is 5.20. The fourth-order valence-electron chi connectivity index (χ4n) is 2.87. The summed E-state index contributed by atoms with van der Waals surface area (Å²) in [6, 6.07) is 15.5. The van der Waals surface area contributed by atoms with Crippen LogP contribution in [0.3, 0.4) is 0 Å². The van der Waals surface area contributed by atoms with Gasteiger partial charge < -0.3 is 9.47 Å². The molecule has 0 bridgehead atoms. The molecule has 0 aliphatic rings. The standard InChI is InChI=1S/C22H13F6NO4/c23-21(24,25)19(30)32-15-8-4-13(5-9-15)18(17-3-1-2-12-29-17)14-6-10-16(11-7-14)33-20(31)22(26,27)28/h1-12,18H. The van der Waals surface area contributed by atoms with E-state index in [-0.39, 0.29) is 11.5 Å². The molecule has 0 N–H and O–H groups in total. The normalized spacial score (nSPS) is 11.8. The first-order valence-corrected chi connectivity index (χ1v) is 9.14. The summed E-state index contributed by atoms with van der Waals surface area (Å²) in [6.07, 6.45) is -8.78. The van der Waals surface area contributed by atoms with Crippen LogP contribution in [-0.2, 0) is 9.59 Å². The maximum absolute atomic E-state index is 12.4. The van der Waals surface area contributed by atoms with Gasteiger partial charge in [0.05, 0.1) is 11.6 Å². The Balaban J connectivity index is 1.89. The quantitative estimate of drug-likeness (QED) is 0.292. The minimum atomic E-state index is -5.15. The van der Waals surface area contributed by atoms with Crippen molar-refractivity contribution in [2.75, 3.05) is 0 Å². The second-order valence-corrected chi connectivity index (χ2v) is 6.60. The SMILES string of the molecule is O=C(Oc1ccc(C(c2ccc(OC(=O)C(F)(F)F)cc2)c2ccccn2)cc1)C(F)(F)F. The Hall–Kier alpha value is -3.89. The molecule has 3 aromatic rings. The topological polar surface area (TPSA) is 65.5 Å². The number of pyridine rings is 1. The Morgan fingerprint density at radius 3 is 1.42 bits per heavy atom. The van der Waals surface area contributed by atoms with E-state index in [0.29, 0.717) is 16.8 Å². The summed E-state index contributed by atoms with van der Waals surface area (Å²) in [5, 5.41) is 0. The van der Waals surface area contributed by atoms with Crippen LogP contribution in [0, 0.1) is 0 Å². The molecule has 1 heterocycles. The van der Waals surface area contributed by atoms with Crippen molar-refractivity contribution in [3.8, 4) is 11.5 Å². The second-order valence-electron chi connectivity index (χ2n) is 6.60. The monoisotopic (exact) mass is 469 g/mol. The number of aromatic nitrogens is 1. The lowest BCUT2D eigenvalue weighted by Gasteiger charge is -2.18. The van der Waals surface area contributed by atoms with Gasteiger partial charge in [-0.1, -0.05) is 30.3 Å². The lowest BCUT2D eigenvalue weighted by molar-refractivity contribution is -0.189. The number of alkyl halides is 6. The van der Waals surface area contributed by atoms with Crippen LogP contribution in [0.2, 0.25) is 0 Å². The van der Waals surface area contributed by atoms with E-state index in [1.54, 1.807) is 18.2 Å². The summed E-state index contributed by atoms with van der Waals surface area (Å²) in [5.41, 5.74) is 1.61. The Kier molecular flexibility index (Phi) is 6.70. The average Bonchev–Trinajstić information content (AvgIpc) is 2.76. The summed E-state index contributed by atoms with van der Waals surface area (Å²) < 4.78 is 82.9. The van der Waals surface area contributed by atoms with Gasteiger partial charge in [0, 0.05) is 6.20 Å². The fourth-order valence-corrected chi connectivity index (χ4v) is 2.87. The van der Waals surface area contributed by atoms with Gasteiger partial charge in [0.25, 0.3) is 0 Å². The van der Waals surface area contributed by atoms with Crippen molar-refractivity contribution in [1.29, 1.82) is 0 Å². The van der Waals surface area contributed by atoms with Crippen molar-refractivity contribution >= 4 is 11.9 Å². The van der Waals surface area contributed by atoms with Crippen LogP contribution in [0.25, 0.3) is 0 Å². The number of carbonyl (C=O) groups excluding carboxylic acids is 2. The highest BCUT2D eigenvalue weighted by Crippen LogP contribution is 2.33. The largest absolute Gasteiger partial charge is 0.491 e. The number of ether oxygens (including phenoxy) is 2. The summed E-state index contributed by atoms with van der Waals surface area (Å²) in [6.45, 7) is 0.